The first-order valence-corrected chi connectivity index (χ1v) is 14.0. The van der Waals surface area contributed by atoms with E-state index < -0.39 is 21.6 Å². The number of hydrogen-bond acceptors (Lipinski definition) is 5. The van der Waals surface area contributed by atoms with Crippen molar-refractivity contribution in [1.82, 2.24) is 10.2 Å². The maximum Gasteiger partial charge on any atom is 0.242 e. The fraction of sp³-hybridized carbons (Fsp3) is 0.481. The molecule has 0 aliphatic heterocycles. The highest BCUT2D eigenvalue weighted by atomic mass is 32.2. The third kappa shape index (κ3) is 9.18. The molecule has 0 aromatic heterocycles. The maximum atomic E-state index is 13.3. The number of ether oxygens (including phenoxy) is 1. The van der Waals surface area contributed by atoms with Crippen molar-refractivity contribution in [3.8, 4) is 5.75 Å². The summed E-state index contributed by atoms with van der Waals surface area (Å²) in [5, 5.41) is 2.94. The van der Waals surface area contributed by atoms with E-state index >= 15 is 0 Å². The number of nitrogens with one attached hydrogen (secondary N) is 1. The van der Waals surface area contributed by atoms with Gasteiger partial charge < -0.3 is 15.0 Å². The molecule has 0 aliphatic rings. The Morgan fingerprint density at radius 2 is 1.64 bits per heavy atom. The van der Waals surface area contributed by atoms with Crippen LogP contribution in [0.15, 0.2) is 54.6 Å². The molecule has 1 atom stereocenters. The molecular formula is C27H39N3O5S. The monoisotopic (exact) mass is 517 g/mol. The summed E-state index contributed by atoms with van der Waals surface area (Å²) in [7, 11) is -3.56. The van der Waals surface area contributed by atoms with Gasteiger partial charge in [-0.3, -0.25) is 13.9 Å². The summed E-state index contributed by atoms with van der Waals surface area (Å²) in [5.41, 5.74) is 0.987. The molecule has 2 amide bonds. The van der Waals surface area contributed by atoms with Crippen LogP contribution in [0.1, 0.15) is 53.0 Å². The highest BCUT2D eigenvalue weighted by Crippen LogP contribution is 2.22. The Morgan fingerprint density at radius 3 is 2.17 bits per heavy atom. The van der Waals surface area contributed by atoms with Crippen LogP contribution in [-0.4, -0.2) is 56.1 Å². The Bertz CT molecular complexity index is 1100. The van der Waals surface area contributed by atoms with Crippen LogP contribution in [0.4, 0.5) is 5.69 Å². The topological polar surface area (TPSA) is 96.0 Å². The number of amides is 2. The summed E-state index contributed by atoms with van der Waals surface area (Å²) >= 11 is 0. The number of carbonyl (C=O) groups is 2. The van der Waals surface area contributed by atoms with Gasteiger partial charge in [-0.05, 0) is 70.9 Å². The van der Waals surface area contributed by atoms with Gasteiger partial charge in [-0.25, -0.2) is 8.42 Å². The van der Waals surface area contributed by atoms with Gasteiger partial charge in [-0.15, -0.1) is 0 Å². The molecule has 0 fully saturated rings. The van der Waals surface area contributed by atoms with Crippen LogP contribution in [0.25, 0.3) is 0 Å². The van der Waals surface area contributed by atoms with E-state index in [0.717, 1.165) is 11.8 Å². The molecule has 1 N–H and O–H groups in total. The number of anilines is 1. The van der Waals surface area contributed by atoms with Crippen LogP contribution >= 0.6 is 0 Å². The lowest BCUT2D eigenvalue weighted by Gasteiger charge is -2.32. The lowest BCUT2D eigenvalue weighted by atomic mass is 10.1. The van der Waals surface area contributed by atoms with Crippen LogP contribution < -0.4 is 14.4 Å². The van der Waals surface area contributed by atoms with E-state index in [-0.39, 0.29) is 31.3 Å². The lowest BCUT2D eigenvalue weighted by molar-refractivity contribution is -0.141. The van der Waals surface area contributed by atoms with Gasteiger partial charge in [0, 0.05) is 25.0 Å². The van der Waals surface area contributed by atoms with Crippen molar-refractivity contribution in [3.63, 3.8) is 0 Å². The Labute approximate surface area is 215 Å². The second-order valence-electron chi connectivity index (χ2n) is 9.79. The Morgan fingerprint density at radius 1 is 1.03 bits per heavy atom. The van der Waals surface area contributed by atoms with Crippen molar-refractivity contribution >= 4 is 27.5 Å². The van der Waals surface area contributed by atoms with E-state index in [2.05, 4.69) is 5.32 Å². The summed E-state index contributed by atoms with van der Waals surface area (Å²) < 4.78 is 31.7. The average Bonchev–Trinajstić information content (AvgIpc) is 2.79. The fourth-order valence-electron chi connectivity index (χ4n) is 3.72. The molecule has 36 heavy (non-hydrogen) atoms. The minimum absolute atomic E-state index is 0.100. The Kier molecular flexibility index (Phi) is 10.3. The molecule has 0 aliphatic carbocycles. The van der Waals surface area contributed by atoms with Crippen molar-refractivity contribution in [2.75, 3.05) is 23.7 Å². The van der Waals surface area contributed by atoms with E-state index in [1.807, 2.05) is 58.0 Å². The quantitative estimate of drug-likeness (QED) is 0.460. The fourth-order valence-corrected chi connectivity index (χ4v) is 4.68. The van der Waals surface area contributed by atoms with Gasteiger partial charge >= 0.3 is 0 Å². The van der Waals surface area contributed by atoms with E-state index in [9.17, 15) is 18.0 Å². The highest BCUT2D eigenvalue weighted by molar-refractivity contribution is 7.92. The minimum Gasteiger partial charge on any atom is -0.494 e. The third-order valence-electron chi connectivity index (χ3n) is 5.45. The number of nitrogens with zero attached hydrogens (tertiary/aromatic N) is 2. The van der Waals surface area contributed by atoms with Crippen LogP contribution in [0, 0.1) is 0 Å². The van der Waals surface area contributed by atoms with Gasteiger partial charge in [0.1, 0.15) is 11.8 Å². The zero-order valence-corrected chi connectivity index (χ0v) is 23.0. The zero-order chi connectivity index (χ0) is 26.9. The summed E-state index contributed by atoms with van der Waals surface area (Å²) in [4.78, 5) is 27.7. The first-order valence-electron chi connectivity index (χ1n) is 12.2. The maximum absolute atomic E-state index is 13.3. The highest BCUT2D eigenvalue weighted by Gasteiger charge is 2.28. The molecule has 0 spiro atoms. The summed E-state index contributed by atoms with van der Waals surface area (Å²) in [6.45, 7) is 10.2. The minimum atomic E-state index is -3.56. The smallest absolute Gasteiger partial charge is 0.242 e. The van der Waals surface area contributed by atoms with Crippen molar-refractivity contribution in [2.24, 2.45) is 0 Å². The molecule has 2 aromatic carbocycles. The van der Waals surface area contributed by atoms with Gasteiger partial charge in [-0.2, -0.15) is 0 Å². The normalized spacial score (nSPS) is 12.5. The zero-order valence-electron chi connectivity index (χ0n) is 22.2. The lowest BCUT2D eigenvalue weighted by Crippen LogP contribution is -2.52. The number of rotatable bonds is 12. The molecule has 0 heterocycles. The van der Waals surface area contributed by atoms with Crippen molar-refractivity contribution in [2.45, 2.75) is 65.6 Å². The van der Waals surface area contributed by atoms with E-state index in [1.165, 1.54) is 4.31 Å². The summed E-state index contributed by atoms with van der Waals surface area (Å²) in [6, 6.07) is 15.6. The van der Waals surface area contributed by atoms with Crippen LogP contribution in [0.3, 0.4) is 0 Å². The number of sulfonamides is 1. The Balaban J connectivity index is 2.14. The van der Waals surface area contributed by atoms with E-state index in [4.69, 9.17) is 4.74 Å². The van der Waals surface area contributed by atoms with Crippen molar-refractivity contribution in [3.05, 3.63) is 60.2 Å². The largest absolute Gasteiger partial charge is 0.494 e. The van der Waals surface area contributed by atoms with E-state index in [0.29, 0.717) is 24.5 Å². The first kappa shape index (κ1) is 29.2. The molecule has 0 bridgehead atoms. The molecule has 198 valence electrons. The molecule has 0 unspecified atom stereocenters. The van der Waals surface area contributed by atoms with Gasteiger partial charge in [0.15, 0.2) is 0 Å². The first-order chi connectivity index (χ1) is 16.8. The molecule has 2 rings (SSSR count). The second kappa shape index (κ2) is 12.8. The standard InChI is InChI=1S/C27H39N3O5S/c1-7-35-24-17-15-23(16-18-24)30(36(6,33)34)19-11-14-25(31)29(20-22-12-9-8-10-13-22)21(2)26(32)28-27(3,4)5/h8-10,12-13,15-18,21H,7,11,14,19-20H2,1-6H3,(H,28,32)/t21-/m1/s1. The summed E-state index contributed by atoms with van der Waals surface area (Å²) in [6.07, 6.45) is 1.55. The Hall–Kier alpha value is -3.07. The number of carbonyl (C=O) groups excluding carboxylic acids is 2. The molecule has 9 heteroatoms. The molecule has 0 saturated carbocycles. The van der Waals surface area contributed by atoms with E-state index in [1.54, 1.807) is 36.1 Å². The molecule has 0 saturated heterocycles. The van der Waals surface area contributed by atoms with Gasteiger partial charge in [-0.1, -0.05) is 30.3 Å². The van der Waals surface area contributed by atoms with Crippen LogP contribution in [0.5, 0.6) is 5.75 Å². The van der Waals surface area contributed by atoms with Crippen molar-refractivity contribution < 1.29 is 22.7 Å². The van der Waals surface area contributed by atoms with Crippen LogP contribution in [-0.2, 0) is 26.2 Å². The van der Waals surface area contributed by atoms with Gasteiger partial charge in [0.05, 0.1) is 18.6 Å². The predicted octanol–water partition coefficient (Wildman–Crippen LogP) is 3.96. The number of hydrogen-bond donors (Lipinski definition) is 1. The van der Waals surface area contributed by atoms with Gasteiger partial charge in [0.2, 0.25) is 21.8 Å². The second-order valence-corrected chi connectivity index (χ2v) is 11.7. The van der Waals surface area contributed by atoms with Gasteiger partial charge in [0.25, 0.3) is 0 Å². The number of benzene rings is 2. The summed E-state index contributed by atoms with van der Waals surface area (Å²) in [5.74, 6) is 0.207. The van der Waals surface area contributed by atoms with Crippen LogP contribution in [0.2, 0.25) is 0 Å². The third-order valence-corrected chi connectivity index (χ3v) is 6.64. The molecule has 2 aromatic rings. The predicted molar refractivity (Wildman–Crippen MR) is 143 cm³/mol. The molecular weight excluding hydrogens is 478 g/mol. The van der Waals surface area contributed by atoms with Crippen molar-refractivity contribution in [1.29, 1.82) is 0 Å². The molecule has 8 nitrogen and oxygen atoms in total. The average molecular weight is 518 g/mol. The SMILES string of the molecule is CCOc1ccc(N(CCCC(=O)N(Cc2ccccc2)[C@H](C)C(=O)NC(C)(C)C)S(C)(=O)=O)cc1. The molecule has 0 radical (unpaired) electrons.